The number of pyridine rings is 1. The normalized spacial score (nSPS) is 17.0. The molecular formula is C11H12N2O2. The zero-order valence-corrected chi connectivity index (χ0v) is 8.35. The van der Waals surface area contributed by atoms with Crippen molar-refractivity contribution in [2.24, 2.45) is 0 Å². The van der Waals surface area contributed by atoms with Gasteiger partial charge < -0.3 is 9.47 Å². The molecule has 1 fully saturated rings. The molecule has 1 aromatic heterocycles. The molecule has 2 rings (SSSR count). The third-order valence-corrected chi connectivity index (χ3v) is 2.32. The summed E-state index contributed by atoms with van der Waals surface area (Å²) in [7, 11) is 0. The zero-order chi connectivity index (χ0) is 10.5. The lowest BCUT2D eigenvalue weighted by atomic mass is 10.1. The molecule has 4 heteroatoms. The van der Waals surface area contributed by atoms with Crippen LogP contribution in [-0.4, -0.2) is 24.3 Å². The van der Waals surface area contributed by atoms with Gasteiger partial charge in [0.2, 0.25) is 5.88 Å². The molecular weight excluding hydrogens is 192 g/mol. The third-order valence-electron chi connectivity index (χ3n) is 2.32. The lowest BCUT2D eigenvalue weighted by molar-refractivity contribution is 0.0237. The van der Waals surface area contributed by atoms with Crippen LogP contribution < -0.4 is 4.74 Å². The van der Waals surface area contributed by atoms with Gasteiger partial charge in [-0.05, 0) is 6.07 Å². The first-order valence-electron chi connectivity index (χ1n) is 4.99. The molecule has 0 unspecified atom stereocenters. The predicted octanol–water partition coefficient (Wildman–Crippen LogP) is 1.51. The Labute approximate surface area is 88.5 Å². The number of nitrogens with zero attached hydrogens (tertiary/aromatic N) is 2. The van der Waals surface area contributed by atoms with E-state index in [9.17, 15) is 0 Å². The highest BCUT2D eigenvalue weighted by molar-refractivity contribution is 5.28. The molecule has 4 nitrogen and oxygen atoms in total. The number of hydrogen-bond donors (Lipinski definition) is 0. The van der Waals surface area contributed by atoms with Gasteiger partial charge in [0.1, 0.15) is 12.2 Å². The molecule has 2 heterocycles. The van der Waals surface area contributed by atoms with Crippen LogP contribution in [-0.2, 0) is 4.74 Å². The highest BCUT2D eigenvalue weighted by Gasteiger charge is 2.15. The fourth-order valence-corrected chi connectivity index (χ4v) is 1.48. The van der Waals surface area contributed by atoms with Crippen molar-refractivity contribution in [2.45, 2.75) is 18.9 Å². The summed E-state index contributed by atoms with van der Waals surface area (Å²) in [5, 5.41) is 8.60. The van der Waals surface area contributed by atoms with Crippen molar-refractivity contribution in [3.05, 3.63) is 23.9 Å². The lowest BCUT2D eigenvalue weighted by Crippen LogP contribution is -2.26. The molecule has 0 N–H and O–H groups in total. The Morgan fingerprint density at radius 3 is 2.80 bits per heavy atom. The van der Waals surface area contributed by atoms with Gasteiger partial charge in [0.25, 0.3) is 0 Å². The molecule has 1 saturated heterocycles. The Morgan fingerprint density at radius 2 is 2.20 bits per heavy atom. The SMILES string of the molecule is N#Cc1ccc(OC2CCOCC2)nc1. The summed E-state index contributed by atoms with van der Waals surface area (Å²) in [5.41, 5.74) is 0.550. The average molecular weight is 204 g/mol. The monoisotopic (exact) mass is 204 g/mol. The van der Waals surface area contributed by atoms with Crippen molar-refractivity contribution >= 4 is 0 Å². The Kier molecular flexibility index (Phi) is 3.15. The van der Waals surface area contributed by atoms with Crippen LogP contribution in [0.5, 0.6) is 5.88 Å². The smallest absolute Gasteiger partial charge is 0.213 e. The molecule has 0 spiro atoms. The lowest BCUT2D eigenvalue weighted by Gasteiger charge is -2.22. The Bertz CT molecular complexity index is 350. The van der Waals surface area contributed by atoms with E-state index in [1.54, 1.807) is 12.1 Å². The van der Waals surface area contributed by atoms with Crippen LogP contribution in [0.4, 0.5) is 0 Å². The first kappa shape index (κ1) is 9.94. The number of aromatic nitrogens is 1. The standard InChI is InChI=1S/C11H12N2O2/c12-7-9-1-2-11(13-8-9)15-10-3-5-14-6-4-10/h1-2,8,10H,3-6H2. The molecule has 0 bridgehead atoms. The molecule has 0 radical (unpaired) electrons. The Hall–Kier alpha value is -1.60. The van der Waals surface area contributed by atoms with E-state index in [0.29, 0.717) is 11.4 Å². The second-order valence-corrected chi connectivity index (χ2v) is 3.43. The summed E-state index contributed by atoms with van der Waals surface area (Å²) in [4.78, 5) is 4.06. The van der Waals surface area contributed by atoms with E-state index in [-0.39, 0.29) is 6.10 Å². The van der Waals surface area contributed by atoms with E-state index in [0.717, 1.165) is 26.1 Å². The summed E-state index contributed by atoms with van der Waals surface area (Å²) in [6.07, 6.45) is 3.53. The van der Waals surface area contributed by atoms with Crippen molar-refractivity contribution < 1.29 is 9.47 Å². The van der Waals surface area contributed by atoms with Gasteiger partial charge >= 0.3 is 0 Å². The molecule has 1 aromatic rings. The minimum Gasteiger partial charge on any atom is -0.474 e. The molecule has 1 aliphatic rings. The van der Waals surface area contributed by atoms with Crippen molar-refractivity contribution in [3.63, 3.8) is 0 Å². The summed E-state index contributed by atoms with van der Waals surface area (Å²) >= 11 is 0. The second-order valence-electron chi connectivity index (χ2n) is 3.43. The average Bonchev–Trinajstić information content (AvgIpc) is 2.31. The third kappa shape index (κ3) is 2.67. The van der Waals surface area contributed by atoms with Crippen molar-refractivity contribution in [1.82, 2.24) is 4.98 Å². The van der Waals surface area contributed by atoms with E-state index in [2.05, 4.69) is 4.98 Å². The van der Waals surface area contributed by atoms with Gasteiger partial charge in [-0.2, -0.15) is 5.26 Å². The molecule has 0 saturated carbocycles. The maximum Gasteiger partial charge on any atom is 0.213 e. The van der Waals surface area contributed by atoms with Crippen LogP contribution in [0.3, 0.4) is 0 Å². The molecule has 0 aliphatic carbocycles. The van der Waals surface area contributed by atoms with Gasteiger partial charge in [0.15, 0.2) is 0 Å². The number of nitriles is 1. The summed E-state index contributed by atoms with van der Waals surface area (Å²) < 4.78 is 10.9. The number of rotatable bonds is 2. The zero-order valence-electron chi connectivity index (χ0n) is 8.35. The van der Waals surface area contributed by atoms with Crippen LogP contribution >= 0.6 is 0 Å². The van der Waals surface area contributed by atoms with Crippen molar-refractivity contribution in [1.29, 1.82) is 5.26 Å². The fraction of sp³-hybridized carbons (Fsp3) is 0.455. The minimum absolute atomic E-state index is 0.194. The Morgan fingerprint density at radius 1 is 1.40 bits per heavy atom. The topological polar surface area (TPSA) is 55.1 Å². The van der Waals surface area contributed by atoms with Gasteiger partial charge in [-0.25, -0.2) is 4.98 Å². The van der Waals surface area contributed by atoms with Gasteiger partial charge in [0.05, 0.1) is 18.8 Å². The summed E-state index contributed by atoms with van der Waals surface area (Å²) in [6, 6.07) is 5.46. The molecule has 0 aromatic carbocycles. The van der Waals surface area contributed by atoms with E-state index < -0.39 is 0 Å². The van der Waals surface area contributed by atoms with Gasteiger partial charge in [-0.15, -0.1) is 0 Å². The molecule has 0 amide bonds. The second kappa shape index (κ2) is 4.76. The van der Waals surface area contributed by atoms with Crippen LogP contribution in [0.25, 0.3) is 0 Å². The van der Waals surface area contributed by atoms with Gasteiger partial charge in [-0.3, -0.25) is 0 Å². The first-order chi connectivity index (χ1) is 7.38. The molecule has 0 atom stereocenters. The van der Waals surface area contributed by atoms with Crippen LogP contribution in [0, 0.1) is 11.3 Å². The molecule has 78 valence electrons. The van der Waals surface area contributed by atoms with Crippen LogP contribution in [0.2, 0.25) is 0 Å². The highest BCUT2D eigenvalue weighted by atomic mass is 16.5. The highest BCUT2D eigenvalue weighted by Crippen LogP contribution is 2.15. The van der Waals surface area contributed by atoms with E-state index in [1.165, 1.54) is 6.20 Å². The number of ether oxygens (including phenoxy) is 2. The Balaban J connectivity index is 1.95. The van der Waals surface area contributed by atoms with E-state index in [1.807, 2.05) is 6.07 Å². The largest absolute Gasteiger partial charge is 0.474 e. The number of hydrogen-bond acceptors (Lipinski definition) is 4. The van der Waals surface area contributed by atoms with Gasteiger partial charge in [-0.1, -0.05) is 0 Å². The van der Waals surface area contributed by atoms with Crippen LogP contribution in [0.15, 0.2) is 18.3 Å². The predicted molar refractivity (Wildman–Crippen MR) is 53.4 cm³/mol. The van der Waals surface area contributed by atoms with E-state index in [4.69, 9.17) is 14.7 Å². The van der Waals surface area contributed by atoms with Crippen molar-refractivity contribution in [2.75, 3.05) is 13.2 Å². The fourth-order valence-electron chi connectivity index (χ4n) is 1.48. The molecule has 15 heavy (non-hydrogen) atoms. The molecule has 1 aliphatic heterocycles. The van der Waals surface area contributed by atoms with Crippen LogP contribution in [0.1, 0.15) is 18.4 Å². The first-order valence-corrected chi connectivity index (χ1v) is 4.99. The maximum absolute atomic E-state index is 8.60. The van der Waals surface area contributed by atoms with E-state index >= 15 is 0 Å². The summed E-state index contributed by atoms with van der Waals surface area (Å²) in [5.74, 6) is 0.584. The summed E-state index contributed by atoms with van der Waals surface area (Å²) in [6.45, 7) is 1.50. The maximum atomic E-state index is 8.60. The van der Waals surface area contributed by atoms with Crippen molar-refractivity contribution in [3.8, 4) is 11.9 Å². The van der Waals surface area contributed by atoms with Gasteiger partial charge in [0, 0.05) is 25.1 Å². The quantitative estimate of drug-likeness (QED) is 0.732. The minimum atomic E-state index is 0.194.